The first-order chi connectivity index (χ1) is 69.1. The second kappa shape index (κ2) is 48.8. The molecule has 0 unspecified atom stereocenters. The molecule has 23 aromatic rings. The minimum absolute atomic E-state index is 0.389. The highest BCUT2D eigenvalue weighted by atomic mass is 127. The van der Waals surface area contributed by atoms with Crippen LogP contribution >= 0.6 is 77.0 Å². The fraction of sp³-hybridized carbons (Fsp3) is 0.0246. The molecule has 1 N–H and O–H groups in total. The molecule has 0 atom stereocenters. The summed E-state index contributed by atoms with van der Waals surface area (Å²) < 4.78 is 8.63. The van der Waals surface area contributed by atoms with Gasteiger partial charge < -0.3 is 9.68 Å². The standard InChI is InChI=1S/C31H19N3.C26H15BrN2.C15H9BrIN.C14H15NSi.2C11H7N.C9H6IN.C5H5BNO2/c1-4-12-26-22(8-1)10-7-13-27(26)30-18-16-28(29-14-5-6-19-33-29)31(34-30)17-15-24-21-32-20-23-9-2-3-11-25(23)24;27-24-13-15-25(23-11-5-8-18-6-1-4-10-22(18)23)29-26(24)14-12-20-17-28-16-19-7-2-3-9-21(19)20;16-13-8-9-14(18-15(13)17)12-7-3-5-10-4-1-2-6-11(10)12;1-16(2,3)9-8-13-11-15-10-12-6-4-5-7-14(12)13;2*1-2-9-7-12-8-10-5-3-4-6-11(9)10;10-9-6-11-5-7-3-1-2-4-8(7)9;8-6-9-5-3-1-2-4-7-5/h1-14,16,18-21H;1-11,13,15-17H;1-9H;4-7,10-11H,1-3H3;2*1,3-8H;1-6H;1-4,8H. The van der Waals surface area contributed by atoms with E-state index in [4.69, 9.17) is 27.8 Å². The zero-order valence-electron chi connectivity index (χ0n) is 76.5. The van der Waals surface area contributed by atoms with Crippen LogP contribution in [0.3, 0.4) is 0 Å². The maximum Gasteiger partial charge on any atom is 0.570 e. The van der Waals surface area contributed by atoms with E-state index in [0.29, 0.717) is 25.0 Å². The van der Waals surface area contributed by atoms with Crippen molar-refractivity contribution in [2.24, 2.45) is 0 Å². The van der Waals surface area contributed by atoms with Gasteiger partial charge in [0.15, 0.2) is 5.88 Å². The molecule has 0 aliphatic carbocycles. The predicted octanol–water partition coefficient (Wildman–Crippen LogP) is 29.5. The zero-order valence-corrected chi connectivity index (χ0v) is 85.0. The van der Waals surface area contributed by atoms with Gasteiger partial charge >= 0.3 is 7.69 Å². The van der Waals surface area contributed by atoms with E-state index >= 15 is 0 Å². The van der Waals surface area contributed by atoms with E-state index in [0.717, 1.165) is 128 Å². The summed E-state index contributed by atoms with van der Waals surface area (Å²) in [7, 11) is -0.717. The average molecular weight is 2190 g/mol. The SMILES string of the molecule is Brc1ccc(-c2cccc3ccccc23)nc1C#Cc1cncc2ccccc12.Brc1ccc(-c2cccc3ccccc23)nc1I.C#Cc1cncc2ccccc12.C#Cc1cncc2ccccc12.C(#Cc1cncc2ccccc12)c1nc(-c2cccc3ccccc23)ccc1-c1ccccn1.C[Si](C)(C)C#Cc1cncc2ccccc12.Ic1cncc2ccccc12.O[B]Oc1ccccn1. The van der Waals surface area contributed by atoms with Crippen LogP contribution in [0, 0.1) is 67.1 Å². The van der Waals surface area contributed by atoms with E-state index in [1.807, 2.05) is 207 Å². The van der Waals surface area contributed by atoms with Gasteiger partial charge in [0.2, 0.25) is 0 Å². The normalized spacial score (nSPS) is 10.4. The number of hydrogen-bond acceptors (Lipinski definition) is 13. The van der Waals surface area contributed by atoms with Crippen LogP contribution in [0.2, 0.25) is 19.6 Å². The third-order valence-electron chi connectivity index (χ3n) is 22.0. The molecular weight excluding hydrogens is 2100 g/mol. The van der Waals surface area contributed by atoms with Crippen molar-refractivity contribution in [1.82, 2.24) is 54.8 Å². The summed E-state index contributed by atoms with van der Waals surface area (Å²) in [6.45, 7) is 6.75. The summed E-state index contributed by atoms with van der Waals surface area (Å²) in [6.07, 6.45) is 35.9. The summed E-state index contributed by atoms with van der Waals surface area (Å²) in [5.74, 6) is 22.0. The molecule has 11 aromatic heterocycles. The molecule has 1 radical (unpaired) electrons. The van der Waals surface area contributed by atoms with Gasteiger partial charge in [0, 0.05) is 176 Å². The van der Waals surface area contributed by atoms with Crippen LogP contribution in [0.15, 0.2) is 441 Å². The number of aromatic nitrogens is 11. The lowest BCUT2D eigenvalue weighted by atomic mass is 10.00. The Hall–Kier alpha value is -16.1. The maximum absolute atomic E-state index is 8.13. The average Bonchev–Trinajstić information content (AvgIpc) is 0.761. The van der Waals surface area contributed by atoms with Crippen molar-refractivity contribution >= 4 is 190 Å². The zero-order chi connectivity index (χ0) is 97.5. The molecule has 0 amide bonds. The van der Waals surface area contributed by atoms with Crippen molar-refractivity contribution in [2.45, 2.75) is 19.6 Å². The Kier molecular flexibility index (Phi) is 33.9. The Balaban J connectivity index is 0.000000121. The fourth-order valence-corrected chi connectivity index (χ4v) is 17.3. The van der Waals surface area contributed by atoms with Crippen molar-refractivity contribution in [3.63, 3.8) is 0 Å². The van der Waals surface area contributed by atoms with Crippen LogP contribution in [-0.2, 0) is 0 Å². The van der Waals surface area contributed by atoms with Crippen LogP contribution in [0.5, 0.6) is 5.88 Å². The van der Waals surface area contributed by atoms with Gasteiger partial charge in [-0.15, -0.1) is 18.4 Å². The summed E-state index contributed by atoms with van der Waals surface area (Å²) in [6, 6.07) is 116. The van der Waals surface area contributed by atoms with Crippen LogP contribution in [0.25, 0.3) is 142 Å². The van der Waals surface area contributed by atoms with E-state index < -0.39 is 8.07 Å². The van der Waals surface area contributed by atoms with E-state index in [1.165, 1.54) is 57.6 Å². The fourth-order valence-electron chi connectivity index (χ4n) is 15.2. The molecule has 0 spiro atoms. The van der Waals surface area contributed by atoms with E-state index in [1.54, 1.807) is 49.2 Å². The Morgan fingerprint density at radius 1 is 0.284 bits per heavy atom. The first-order valence-corrected chi connectivity index (χ1v) is 51.9. The molecule has 0 fully saturated rings. The van der Waals surface area contributed by atoms with Gasteiger partial charge in [0.1, 0.15) is 23.2 Å². The third kappa shape index (κ3) is 25.8. The molecule has 141 heavy (non-hydrogen) atoms. The lowest BCUT2D eigenvalue weighted by Crippen LogP contribution is -2.16. The Morgan fingerprint density at radius 2 is 0.610 bits per heavy atom. The Labute approximate surface area is 864 Å². The van der Waals surface area contributed by atoms with Crippen LogP contribution < -0.4 is 4.65 Å². The highest BCUT2D eigenvalue weighted by Gasteiger charge is 2.15. The molecular formula is C122H83BBr2I2N11O2Si. The highest BCUT2D eigenvalue weighted by Crippen LogP contribution is 2.35. The van der Waals surface area contributed by atoms with Gasteiger partial charge in [-0.2, -0.15) is 0 Å². The summed E-state index contributed by atoms with van der Waals surface area (Å²) in [5.41, 5.74) is 17.2. The van der Waals surface area contributed by atoms with Crippen LogP contribution in [0.4, 0.5) is 0 Å². The lowest BCUT2D eigenvalue weighted by molar-refractivity contribution is 0.443. The van der Waals surface area contributed by atoms with Gasteiger partial charge in [0.25, 0.3) is 0 Å². The first-order valence-electron chi connectivity index (χ1n) is 44.6. The topological polar surface area (TPSA) is 171 Å². The molecule has 12 aromatic carbocycles. The van der Waals surface area contributed by atoms with Crippen molar-refractivity contribution in [1.29, 1.82) is 0 Å². The number of halogens is 4. The molecule has 0 saturated carbocycles. The van der Waals surface area contributed by atoms with Crippen molar-refractivity contribution < 1.29 is 9.68 Å². The smallest absolute Gasteiger partial charge is 0.523 e. The number of benzene rings is 12. The molecule has 0 bridgehead atoms. The number of rotatable bonds is 6. The second-order valence-electron chi connectivity index (χ2n) is 32.4. The predicted molar refractivity (Wildman–Crippen MR) is 607 cm³/mol. The monoisotopic (exact) mass is 2180 g/mol. The molecule has 0 aliphatic rings. The van der Waals surface area contributed by atoms with Gasteiger partial charge in [-0.1, -0.05) is 334 Å². The number of fused-ring (bicyclic) bond motifs is 9. The van der Waals surface area contributed by atoms with Crippen LogP contribution in [0.1, 0.15) is 39.2 Å². The number of terminal acetylenes is 2. The van der Waals surface area contributed by atoms with E-state index in [9.17, 15) is 0 Å². The van der Waals surface area contributed by atoms with Crippen LogP contribution in [-0.4, -0.2) is 75.6 Å². The second-order valence-corrected chi connectivity index (χ2v) is 41.1. The highest BCUT2D eigenvalue weighted by molar-refractivity contribution is 14.1. The minimum atomic E-state index is -1.32. The van der Waals surface area contributed by atoms with E-state index in [-0.39, 0.29) is 0 Å². The molecule has 23 rings (SSSR count). The first kappa shape index (κ1) is 98.0. The molecule has 11 heterocycles. The Bertz CT molecular complexity index is 8600. The number of hydrogen-bond donors (Lipinski definition) is 1. The maximum atomic E-state index is 8.13. The molecule has 13 nitrogen and oxygen atoms in total. The molecule has 673 valence electrons. The molecule has 0 aliphatic heterocycles. The largest absolute Gasteiger partial charge is 0.570 e. The summed E-state index contributed by atoms with van der Waals surface area (Å²) in [5, 5.41) is 28.9. The van der Waals surface area contributed by atoms with Gasteiger partial charge in [0.05, 0.1) is 55.1 Å². The van der Waals surface area contributed by atoms with Crippen molar-refractivity contribution in [2.75, 3.05) is 0 Å². The van der Waals surface area contributed by atoms with Gasteiger partial charge in [-0.3, -0.25) is 34.9 Å². The van der Waals surface area contributed by atoms with Gasteiger partial charge in [-0.05, 0) is 187 Å². The summed E-state index contributed by atoms with van der Waals surface area (Å²) in [4.78, 5) is 47.9. The van der Waals surface area contributed by atoms with E-state index in [2.05, 4.69) is 369 Å². The van der Waals surface area contributed by atoms with Gasteiger partial charge in [-0.25, -0.2) is 19.9 Å². The van der Waals surface area contributed by atoms with Crippen molar-refractivity contribution in [3.8, 4) is 111 Å². The Morgan fingerprint density at radius 3 is 1.00 bits per heavy atom. The summed E-state index contributed by atoms with van der Waals surface area (Å²) >= 11 is 11.6. The number of pyridine rings is 11. The molecule has 0 saturated heterocycles. The lowest BCUT2D eigenvalue weighted by Gasteiger charge is -2.09. The number of nitrogens with zero attached hydrogens (tertiary/aromatic N) is 11. The quantitative estimate of drug-likeness (QED) is 0.0722. The van der Waals surface area contributed by atoms with Crippen molar-refractivity contribution in [3.05, 3.63) is 488 Å². The molecule has 19 heteroatoms. The third-order valence-corrected chi connectivity index (χ3v) is 26.5. The minimum Gasteiger partial charge on any atom is -0.523 e.